The minimum atomic E-state index is 1.27. The van der Waals surface area contributed by atoms with E-state index in [1.807, 2.05) is 0 Å². The van der Waals surface area contributed by atoms with Gasteiger partial charge >= 0.3 is 0 Å². The molecular weight excluding hydrogens is 432 g/mol. The van der Waals surface area contributed by atoms with E-state index in [1.165, 1.54) is 76.5 Å². The van der Waals surface area contributed by atoms with E-state index in [1.54, 1.807) is 0 Å². The van der Waals surface area contributed by atoms with Crippen LogP contribution in [0.4, 0.5) is 0 Å². The van der Waals surface area contributed by atoms with Gasteiger partial charge in [0.15, 0.2) is 0 Å². The Kier molecular flexibility index (Phi) is 4.69. The first kappa shape index (κ1) is 20.9. The minimum absolute atomic E-state index is 1.27. The van der Waals surface area contributed by atoms with Crippen LogP contribution >= 0.6 is 0 Å². The van der Waals surface area contributed by atoms with E-state index in [2.05, 4.69) is 135 Å². The molecule has 0 aliphatic carbocycles. The van der Waals surface area contributed by atoms with Crippen molar-refractivity contribution in [2.45, 2.75) is 13.8 Å². The van der Waals surface area contributed by atoms with Crippen molar-refractivity contribution >= 4 is 43.1 Å². The molecule has 0 fully saturated rings. The maximum absolute atomic E-state index is 2.40. The molecule has 0 heteroatoms. The fourth-order valence-electron chi connectivity index (χ4n) is 5.75. The van der Waals surface area contributed by atoms with Crippen LogP contribution in [0.3, 0.4) is 0 Å². The van der Waals surface area contributed by atoms with Crippen molar-refractivity contribution in [3.8, 4) is 22.3 Å². The first-order valence-electron chi connectivity index (χ1n) is 12.6. The summed E-state index contributed by atoms with van der Waals surface area (Å²) in [6.07, 6.45) is 0. The molecule has 0 radical (unpaired) electrons. The summed E-state index contributed by atoms with van der Waals surface area (Å²) in [4.78, 5) is 0. The number of rotatable bonds is 2. The lowest BCUT2D eigenvalue weighted by Crippen LogP contribution is -1.93. The summed E-state index contributed by atoms with van der Waals surface area (Å²) in [5, 5.41) is 10.3. The average molecular weight is 459 g/mol. The van der Waals surface area contributed by atoms with Gasteiger partial charge in [-0.05, 0) is 102 Å². The van der Waals surface area contributed by atoms with E-state index in [-0.39, 0.29) is 0 Å². The molecule has 0 aliphatic rings. The molecule has 0 aromatic heterocycles. The van der Waals surface area contributed by atoms with E-state index < -0.39 is 0 Å². The second-order valence-corrected chi connectivity index (χ2v) is 9.90. The number of aryl methyl sites for hydroxylation is 2. The van der Waals surface area contributed by atoms with E-state index in [0.29, 0.717) is 0 Å². The SMILES string of the molecule is Cc1cc2c(-c3ccc4ccccc4c3)c3ccccc3c(-c3ccc4ccccc4c3)c2cc1C. The summed E-state index contributed by atoms with van der Waals surface area (Å²) >= 11 is 0. The number of hydrogen-bond acceptors (Lipinski definition) is 0. The second kappa shape index (κ2) is 8.07. The molecule has 0 aliphatic heterocycles. The van der Waals surface area contributed by atoms with Crippen LogP contribution < -0.4 is 0 Å². The van der Waals surface area contributed by atoms with Gasteiger partial charge in [-0.3, -0.25) is 0 Å². The van der Waals surface area contributed by atoms with Gasteiger partial charge in [0, 0.05) is 0 Å². The Labute approximate surface area is 211 Å². The summed E-state index contributed by atoms with van der Waals surface area (Å²) in [5.41, 5.74) is 7.82. The molecule has 7 aromatic rings. The van der Waals surface area contributed by atoms with Crippen LogP contribution in [0.1, 0.15) is 11.1 Å². The first-order chi connectivity index (χ1) is 17.7. The Bertz CT molecular complexity index is 1810. The molecule has 170 valence electrons. The van der Waals surface area contributed by atoms with Crippen molar-refractivity contribution < 1.29 is 0 Å². The van der Waals surface area contributed by atoms with Crippen LogP contribution in [0.25, 0.3) is 65.3 Å². The van der Waals surface area contributed by atoms with Crippen LogP contribution in [-0.2, 0) is 0 Å². The maximum Gasteiger partial charge on any atom is -0.00260 e. The normalized spacial score (nSPS) is 11.6. The lowest BCUT2D eigenvalue weighted by atomic mass is 9.84. The van der Waals surface area contributed by atoms with Crippen LogP contribution in [-0.4, -0.2) is 0 Å². The highest BCUT2D eigenvalue weighted by Gasteiger charge is 2.18. The predicted octanol–water partition coefficient (Wildman–Crippen LogP) is 10.3. The van der Waals surface area contributed by atoms with Gasteiger partial charge in [-0.2, -0.15) is 0 Å². The Morgan fingerprint density at radius 1 is 0.333 bits per heavy atom. The lowest BCUT2D eigenvalue weighted by molar-refractivity contribution is 1.37. The van der Waals surface area contributed by atoms with Gasteiger partial charge in [0.05, 0.1) is 0 Å². The first-order valence-corrected chi connectivity index (χ1v) is 12.6. The van der Waals surface area contributed by atoms with Gasteiger partial charge in [0.25, 0.3) is 0 Å². The molecule has 0 bridgehead atoms. The standard InChI is InChI=1S/C36H26/c1-23-19-33-34(20-24(23)2)36(30-18-16-26-10-4-6-12-28(26)22-30)32-14-8-7-13-31(32)35(33)29-17-15-25-9-3-5-11-27(25)21-29/h3-22H,1-2H3. The summed E-state index contributed by atoms with van der Waals surface area (Å²) < 4.78 is 0. The third-order valence-corrected chi connectivity index (χ3v) is 7.71. The predicted molar refractivity (Wildman–Crippen MR) is 157 cm³/mol. The molecular formula is C36H26. The summed E-state index contributed by atoms with van der Waals surface area (Å²) in [6, 6.07) is 44.7. The summed E-state index contributed by atoms with van der Waals surface area (Å²) in [6.45, 7) is 4.45. The van der Waals surface area contributed by atoms with Crippen molar-refractivity contribution in [1.82, 2.24) is 0 Å². The van der Waals surface area contributed by atoms with E-state index in [9.17, 15) is 0 Å². The number of fused-ring (bicyclic) bond motifs is 4. The third-order valence-electron chi connectivity index (χ3n) is 7.71. The molecule has 36 heavy (non-hydrogen) atoms. The molecule has 0 unspecified atom stereocenters. The van der Waals surface area contributed by atoms with Crippen molar-refractivity contribution in [2.75, 3.05) is 0 Å². The van der Waals surface area contributed by atoms with Crippen molar-refractivity contribution in [3.05, 3.63) is 132 Å². The monoisotopic (exact) mass is 458 g/mol. The third kappa shape index (κ3) is 3.22. The second-order valence-electron chi connectivity index (χ2n) is 9.90. The molecule has 0 saturated heterocycles. The van der Waals surface area contributed by atoms with E-state index in [0.717, 1.165) is 0 Å². The van der Waals surface area contributed by atoms with Crippen molar-refractivity contribution in [1.29, 1.82) is 0 Å². The van der Waals surface area contributed by atoms with Crippen LogP contribution in [0.2, 0.25) is 0 Å². The van der Waals surface area contributed by atoms with Gasteiger partial charge in [0.1, 0.15) is 0 Å². The zero-order valence-electron chi connectivity index (χ0n) is 20.5. The Balaban J connectivity index is 1.64. The van der Waals surface area contributed by atoms with Gasteiger partial charge in [0.2, 0.25) is 0 Å². The molecule has 7 aromatic carbocycles. The maximum atomic E-state index is 2.40. The molecule has 0 atom stereocenters. The highest BCUT2D eigenvalue weighted by Crippen LogP contribution is 2.45. The highest BCUT2D eigenvalue weighted by molar-refractivity contribution is 6.22. The Morgan fingerprint density at radius 2 is 0.722 bits per heavy atom. The topological polar surface area (TPSA) is 0 Å². The molecule has 0 nitrogen and oxygen atoms in total. The molecule has 0 saturated carbocycles. The van der Waals surface area contributed by atoms with Gasteiger partial charge in [-0.25, -0.2) is 0 Å². The van der Waals surface area contributed by atoms with Crippen LogP contribution in [0.15, 0.2) is 121 Å². The zero-order chi connectivity index (χ0) is 24.2. The van der Waals surface area contributed by atoms with Gasteiger partial charge < -0.3 is 0 Å². The van der Waals surface area contributed by atoms with Gasteiger partial charge in [-0.1, -0.05) is 109 Å². The fraction of sp³-hybridized carbons (Fsp3) is 0.0556. The summed E-state index contributed by atoms with van der Waals surface area (Å²) in [7, 11) is 0. The fourth-order valence-corrected chi connectivity index (χ4v) is 5.75. The Morgan fingerprint density at radius 3 is 1.17 bits per heavy atom. The van der Waals surface area contributed by atoms with Gasteiger partial charge in [-0.15, -0.1) is 0 Å². The molecule has 0 heterocycles. The number of hydrogen-bond donors (Lipinski definition) is 0. The smallest absolute Gasteiger partial charge is 0.00260 e. The number of benzene rings is 7. The van der Waals surface area contributed by atoms with Crippen LogP contribution in [0, 0.1) is 13.8 Å². The largest absolute Gasteiger partial charge is 0.0616 e. The average Bonchev–Trinajstić information content (AvgIpc) is 2.92. The minimum Gasteiger partial charge on any atom is -0.0616 e. The van der Waals surface area contributed by atoms with Crippen LogP contribution in [0.5, 0.6) is 0 Å². The zero-order valence-corrected chi connectivity index (χ0v) is 20.5. The highest BCUT2D eigenvalue weighted by atomic mass is 14.2. The Hall–Kier alpha value is -4.42. The molecule has 7 rings (SSSR count). The molecule has 0 amide bonds. The van der Waals surface area contributed by atoms with E-state index >= 15 is 0 Å². The summed E-state index contributed by atoms with van der Waals surface area (Å²) in [5.74, 6) is 0. The quantitative estimate of drug-likeness (QED) is 0.226. The van der Waals surface area contributed by atoms with Crippen molar-refractivity contribution in [3.63, 3.8) is 0 Å². The molecule has 0 spiro atoms. The van der Waals surface area contributed by atoms with E-state index in [4.69, 9.17) is 0 Å². The molecule has 0 N–H and O–H groups in total. The van der Waals surface area contributed by atoms with Crippen molar-refractivity contribution in [2.24, 2.45) is 0 Å². The lowest BCUT2D eigenvalue weighted by Gasteiger charge is -2.19.